The molecule has 0 bridgehead atoms. The summed E-state index contributed by atoms with van der Waals surface area (Å²) in [7, 11) is 0. The van der Waals surface area contributed by atoms with Gasteiger partial charge in [-0.15, -0.1) is 0 Å². The van der Waals surface area contributed by atoms with Crippen molar-refractivity contribution >= 4 is 0 Å². The first kappa shape index (κ1) is 18.9. The van der Waals surface area contributed by atoms with Gasteiger partial charge in [-0.3, -0.25) is 0 Å². The minimum absolute atomic E-state index is 0.152. The first-order valence-corrected chi connectivity index (χ1v) is 7.42. The van der Waals surface area contributed by atoms with E-state index in [1.54, 1.807) is 0 Å². The van der Waals surface area contributed by atoms with Crippen LogP contribution in [0, 0.1) is 5.92 Å². The third-order valence-corrected chi connectivity index (χ3v) is 4.48. The van der Waals surface area contributed by atoms with E-state index in [4.69, 9.17) is 14.6 Å². The third kappa shape index (κ3) is 3.66. The number of ether oxygens (including phenoxy) is 2. The van der Waals surface area contributed by atoms with Crippen molar-refractivity contribution in [2.75, 3.05) is 13.2 Å². The highest BCUT2D eigenvalue weighted by Crippen LogP contribution is 2.31. The van der Waals surface area contributed by atoms with Gasteiger partial charge in [0.15, 0.2) is 6.29 Å². The number of aliphatic hydroxyl groups is 8. The molecular formula is C13H24O10. The Balaban J connectivity index is 2.14. The second kappa shape index (κ2) is 7.66. The Hall–Kier alpha value is -0.400. The molecule has 0 amide bonds. The van der Waals surface area contributed by atoms with Crippen LogP contribution in [0.5, 0.6) is 0 Å². The molecule has 1 aliphatic heterocycles. The maximum absolute atomic E-state index is 10.0. The van der Waals surface area contributed by atoms with Gasteiger partial charge in [0, 0.05) is 12.3 Å². The van der Waals surface area contributed by atoms with Gasteiger partial charge in [-0.05, 0) is 0 Å². The van der Waals surface area contributed by atoms with Crippen molar-refractivity contribution in [2.45, 2.75) is 61.5 Å². The van der Waals surface area contributed by atoms with Crippen LogP contribution in [0.3, 0.4) is 0 Å². The van der Waals surface area contributed by atoms with Gasteiger partial charge in [0.2, 0.25) is 0 Å². The molecule has 8 N–H and O–H groups in total. The van der Waals surface area contributed by atoms with E-state index in [1.165, 1.54) is 0 Å². The Morgan fingerprint density at radius 2 is 1.43 bits per heavy atom. The Morgan fingerprint density at radius 3 is 2.00 bits per heavy atom. The summed E-state index contributed by atoms with van der Waals surface area (Å²) in [4.78, 5) is 0. The van der Waals surface area contributed by atoms with Crippen LogP contribution in [0.4, 0.5) is 0 Å². The molecule has 0 aromatic carbocycles. The summed E-state index contributed by atoms with van der Waals surface area (Å²) in [5.74, 6) is -0.944. The predicted octanol–water partition coefficient (Wildman–Crippen LogP) is -4.73. The second-order valence-corrected chi connectivity index (χ2v) is 6.01. The van der Waals surface area contributed by atoms with Crippen molar-refractivity contribution in [1.82, 2.24) is 0 Å². The van der Waals surface area contributed by atoms with E-state index in [2.05, 4.69) is 0 Å². The van der Waals surface area contributed by atoms with Crippen LogP contribution in [-0.4, -0.2) is 109 Å². The largest absolute Gasteiger partial charge is 0.396 e. The Labute approximate surface area is 132 Å². The van der Waals surface area contributed by atoms with Crippen LogP contribution >= 0.6 is 0 Å². The SMILES string of the molecule is OC[C@@H]1[C@@H](O[C@H]2O[C@H](CO)[C@@H](O)[C@H](O)[C@H]2O)[C@H](O)[C@@H](O)C[C@H]1O. The fourth-order valence-electron chi connectivity index (χ4n) is 2.99. The van der Waals surface area contributed by atoms with Crippen LogP contribution in [-0.2, 0) is 9.47 Å². The van der Waals surface area contributed by atoms with Gasteiger partial charge in [-0.2, -0.15) is 0 Å². The molecule has 10 heteroatoms. The van der Waals surface area contributed by atoms with Crippen molar-refractivity contribution in [3.05, 3.63) is 0 Å². The van der Waals surface area contributed by atoms with Crippen molar-refractivity contribution in [3.63, 3.8) is 0 Å². The van der Waals surface area contributed by atoms with Crippen LogP contribution < -0.4 is 0 Å². The van der Waals surface area contributed by atoms with Gasteiger partial charge in [0.1, 0.15) is 30.5 Å². The van der Waals surface area contributed by atoms with Gasteiger partial charge < -0.3 is 50.3 Å². The molecule has 1 aliphatic carbocycles. The number of hydrogen-bond donors (Lipinski definition) is 8. The van der Waals surface area contributed by atoms with E-state index in [9.17, 15) is 35.7 Å². The maximum Gasteiger partial charge on any atom is 0.187 e. The Kier molecular flexibility index (Phi) is 6.30. The fraction of sp³-hybridized carbons (Fsp3) is 1.00. The molecule has 136 valence electrons. The number of rotatable bonds is 4. The van der Waals surface area contributed by atoms with Crippen molar-refractivity contribution in [2.24, 2.45) is 5.92 Å². The van der Waals surface area contributed by atoms with E-state index in [1.807, 2.05) is 0 Å². The summed E-state index contributed by atoms with van der Waals surface area (Å²) in [5.41, 5.74) is 0. The van der Waals surface area contributed by atoms with Crippen LogP contribution in [0.15, 0.2) is 0 Å². The molecule has 1 saturated carbocycles. The summed E-state index contributed by atoms with van der Waals surface area (Å²) in [6.45, 7) is -1.19. The average molecular weight is 340 g/mol. The van der Waals surface area contributed by atoms with Crippen molar-refractivity contribution in [1.29, 1.82) is 0 Å². The summed E-state index contributed by atoms with van der Waals surface area (Å²) < 4.78 is 10.5. The molecule has 0 unspecified atom stereocenters. The highest BCUT2D eigenvalue weighted by atomic mass is 16.7. The van der Waals surface area contributed by atoms with Crippen LogP contribution in [0.1, 0.15) is 6.42 Å². The molecule has 0 radical (unpaired) electrons. The van der Waals surface area contributed by atoms with E-state index in [0.717, 1.165) is 0 Å². The smallest absolute Gasteiger partial charge is 0.187 e. The van der Waals surface area contributed by atoms with Gasteiger partial charge >= 0.3 is 0 Å². The Bertz CT molecular complexity index is 380. The maximum atomic E-state index is 10.0. The minimum atomic E-state index is -1.68. The molecule has 2 fully saturated rings. The Morgan fingerprint density at radius 1 is 0.783 bits per heavy atom. The molecule has 2 aliphatic rings. The zero-order valence-corrected chi connectivity index (χ0v) is 12.3. The standard InChI is InChI=1S/C13H24O10/c14-2-4-5(16)1-6(17)8(18)12(4)23-13-11(21)10(20)9(19)7(3-15)22-13/h4-21H,1-3H2/t4-,5+,6-,7+,8+,9+,10-,11+,12+,13+/m0/s1. The monoisotopic (exact) mass is 340 g/mol. The van der Waals surface area contributed by atoms with Gasteiger partial charge in [0.05, 0.1) is 31.5 Å². The van der Waals surface area contributed by atoms with E-state index < -0.39 is 74.3 Å². The average Bonchev–Trinajstić information content (AvgIpc) is 2.52. The van der Waals surface area contributed by atoms with E-state index in [-0.39, 0.29) is 6.42 Å². The van der Waals surface area contributed by atoms with Crippen molar-refractivity contribution < 1.29 is 50.3 Å². The third-order valence-electron chi connectivity index (χ3n) is 4.48. The summed E-state index contributed by atoms with van der Waals surface area (Å²) in [6.07, 6.45) is -13.0. The minimum Gasteiger partial charge on any atom is -0.396 e. The lowest BCUT2D eigenvalue weighted by molar-refractivity contribution is -0.331. The topological polar surface area (TPSA) is 180 Å². The summed E-state index contributed by atoms with van der Waals surface area (Å²) >= 11 is 0. The molecule has 10 atom stereocenters. The molecular weight excluding hydrogens is 316 g/mol. The normalized spacial score (nSPS) is 51.7. The number of hydrogen-bond acceptors (Lipinski definition) is 10. The first-order valence-electron chi connectivity index (χ1n) is 7.42. The zero-order chi connectivity index (χ0) is 17.3. The lowest BCUT2D eigenvalue weighted by Crippen LogP contribution is -2.62. The molecule has 2 rings (SSSR count). The molecule has 1 heterocycles. The molecule has 1 saturated heterocycles. The van der Waals surface area contributed by atoms with Gasteiger partial charge in [-0.1, -0.05) is 0 Å². The van der Waals surface area contributed by atoms with Gasteiger partial charge in [-0.25, -0.2) is 0 Å². The fourth-order valence-corrected chi connectivity index (χ4v) is 2.99. The van der Waals surface area contributed by atoms with Crippen LogP contribution in [0.2, 0.25) is 0 Å². The lowest BCUT2D eigenvalue weighted by Gasteiger charge is -2.45. The lowest BCUT2D eigenvalue weighted by atomic mass is 9.80. The number of aliphatic hydroxyl groups excluding tert-OH is 8. The van der Waals surface area contributed by atoms with E-state index in [0.29, 0.717) is 0 Å². The highest BCUT2D eigenvalue weighted by Gasteiger charge is 2.49. The first-order chi connectivity index (χ1) is 10.8. The molecule has 0 aromatic rings. The predicted molar refractivity (Wildman–Crippen MR) is 71.9 cm³/mol. The van der Waals surface area contributed by atoms with Crippen molar-refractivity contribution in [3.8, 4) is 0 Å². The van der Waals surface area contributed by atoms with E-state index >= 15 is 0 Å². The molecule has 23 heavy (non-hydrogen) atoms. The quantitative estimate of drug-likeness (QED) is 0.247. The molecule has 0 spiro atoms. The zero-order valence-electron chi connectivity index (χ0n) is 12.3. The highest BCUT2D eigenvalue weighted by molar-refractivity contribution is 4.95. The summed E-state index contributed by atoms with van der Waals surface area (Å²) in [6, 6.07) is 0. The summed E-state index contributed by atoms with van der Waals surface area (Å²) in [5, 5.41) is 77.4. The van der Waals surface area contributed by atoms with Crippen LogP contribution in [0.25, 0.3) is 0 Å². The second-order valence-electron chi connectivity index (χ2n) is 6.01. The van der Waals surface area contributed by atoms with Gasteiger partial charge in [0.25, 0.3) is 0 Å². The molecule has 10 nitrogen and oxygen atoms in total. The molecule has 0 aromatic heterocycles.